The van der Waals surface area contributed by atoms with Gasteiger partial charge in [-0.1, -0.05) is 12.1 Å². The molecule has 3 rings (SSSR count). The number of benzene rings is 1. The molecule has 1 saturated heterocycles. The number of rotatable bonds is 3. The summed E-state index contributed by atoms with van der Waals surface area (Å²) < 4.78 is 24.7. The Labute approximate surface area is 137 Å². The van der Waals surface area contributed by atoms with Crippen LogP contribution in [-0.2, 0) is 17.1 Å². The molecule has 0 aliphatic carbocycles. The Morgan fingerprint density at radius 1 is 1.17 bits per heavy atom. The van der Waals surface area contributed by atoms with Gasteiger partial charge in [-0.05, 0) is 43.4 Å². The average molecular weight is 334 g/mol. The van der Waals surface area contributed by atoms with E-state index in [1.807, 2.05) is 25.4 Å². The summed E-state index contributed by atoms with van der Waals surface area (Å²) in [5.41, 5.74) is 2.33. The molecule has 6 nitrogen and oxygen atoms in total. The maximum Gasteiger partial charge on any atom is 0.238 e. The Morgan fingerprint density at radius 2 is 1.78 bits per heavy atom. The quantitative estimate of drug-likeness (QED) is 0.927. The highest BCUT2D eigenvalue weighted by Gasteiger charge is 2.23. The van der Waals surface area contributed by atoms with Crippen molar-refractivity contribution in [3.05, 3.63) is 41.7 Å². The summed E-state index contributed by atoms with van der Waals surface area (Å²) in [6.07, 6.45) is 3.95. The first-order chi connectivity index (χ1) is 10.9. The lowest BCUT2D eigenvalue weighted by molar-refractivity contribution is 0.495. The molecule has 1 aromatic carbocycles. The van der Waals surface area contributed by atoms with Crippen LogP contribution >= 0.6 is 0 Å². The van der Waals surface area contributed by atoms with Crippen LogP contribution in [-0.4, -0.2) is 31.1 Å². The molecular formula is C16H22N4O2S. The molecule has 1 aromatic heterocycles. The highest BCUT2D eigenvalue weighted by atomic mass is 32.2. The largest absolute Gasteiger partial charge is 0.342 e. The number of aryl methyl sites for hydroxylation is 1. The van der Waals surface area contributed by atoms with E-state index in [-0.39, 0.29) is 4.90 Å². The summed E-state index contributed by atoms with van der Waals surface area (Å²) in [4.78, 5) is 6.96. The maximum atomic E-state index is 11.3. The fourth-order valence-electron chi connectivity index (χ4n) is 3.12. The van der Waals surface area contributed by atoms with Crippen LogP contribution in [0.25, 0.3) is 0 Å². The van der Waals surface area contributed by atoms with Gasteiger partial charge in [0.15, 0.2) is 0 Å². The summed E-state index contributed by atoms with van der Waals surface area (Å²) in [5, 5.41) is 5.14. The Hall–Kier alpha value is -1.86. The molecule has 0 radical (unpaired) electrons. The van der Waals surface area contributed by atoms with Crippen LogP contribution in [0.4, 0.5) is 5.95 Å². The third-order valence-electron chi connectivity index (χ3n) is 4.65. The van der Waals surface area contributed by atoms with Crippen LogP contribution in [0.3, 0.4) is 0 Å². The molecule has 0 saturated carbocycles. The number of imidazole rings is 1. The van der Waals surface area contributed by atoms with Gasteiger partial charge in [0.05, 0.1) is 11.1 Å². The van der Waals surface area contributed by atoms with Crippen molar-refractivity contribution < 1.29 is 8.42 Å². The summed E-state index contributed by atoms with van der Waals surface area (Å²) in [6, 6.07) is 6.95. The van der Waals surface area contributed by atoms with Crippen molar-refractivity contribution in [1.29, 1.82) is 0 Å². The van der Waals surface area contributed by atoms with E-state index in [9.17, 15) is 8.42 Å². The molecule has 1 aliphatic heterocycles. The Balaban J connectivity index is 1.68. The highest BCUT2D eigenvalue weighted by Crippen LogP contribution is 2.30. The van der Waals surface area contributed by atoms with Gasteiger partial charge in [0.1, 0.15) is 0 Å². The smallest absolute Gasteiger partial charge is 0.238 e. The molecule has 2 aromatic rings. The number of nitrogens with two attached hydrogens (primary N) is 1. The number of anilines is 1. The van der Waals surface area contributed by atoms with E-state index < -0.39 is 10.0 Å². The van der Waals surface area contributed by atoms with E-state index in [2.05, 4.69) is 21.4 Å². The molecule has 0 atom stereocenters. The zero-order valence-corrected chi connectivity index (χ0v) is 14.3. The first kappa shape index (κ1) is 16.0. The molecule has 2 N–H and O–H groups in total. The predicted molar refractivity (Wildman–Crippen MR) is 89.9 cm³/mol. The zero-order chi connectivity index (χ0) is 16.6. The third kappa shape index (κ3) is 3.25. The van der Waals surface area contributed by atoms with Gasteiger partial charge < -0.3 is 9.47 Å². The molecule has 0 spiro atoms. The molecule has 0 amide bonds. The van der Waals surface area contributed by atoms with Gasteiger partial charge in [0.2, 0.25) is 16.0 Å². The summed E-state index contributed by atoms with van der Waals surface area (Å²) in [7, 11) is -1.58. The first-order valence-corrected chi connectivity index (χ1v) is 9.27. The van der Waals surface area contributed by atoms with Crippen molar-refractivity contribution in [3.8, 4) is 0 Å². The second kappa shape index (κ2) is 5.98. The highest BCUT2D eigenvalue weighted by molar-refractivity contribution is 7.89. The standard InChI is InChI=1S/C16H22N4O2S/c1-12-11-18-16(19(12)2)20-9-7-14(8-10-20)13-3-5-15(6-4-13)23(17,21)22/h3-6,11,14H,7-10H2,1-2H3,(H2,17,21,22). The molecule has 1 fully saturated rings. The van der Waals surface area contributed by atoms with Crippen LogP contribution in [0, 0.1) is 6.92 Å². The minimum absolute atomic E-state index is 0.169. The van der Waals surface area contributed by atoms with Crippen LogP contribution in [0.15, 0.2) is 35.4 Å². The summed E-state index contributed by atoms with van der Waals surface area (Å²) in [6.45, 7) is 3.95. The van der Waals surface area contributed by atoms with E-state index in [4.69, 9.17) is 5.14 Å². The topological polar surface area (TPSA) is 81.2 Å². The van der Waals surface area contributed by atoms with Gasteiger partial charge in [0, 0.05) is 25.8 Å². The van der Waals surface area contributed by atoms with Crippen molar-refractivity contribution in [2.75, 3.05) is 18.0 Å². The van der Waals surface area contributed by atoms with Gasteiger partial charge in [-0.3, -0.25) is 0 Å². The van der Waals surface area contributed by atoms with Crippen molar-refractivity contribution in [3.63, 3.8) is 0 Å². The first-order valence-electron chi connectivity index (χ1n) is 7.72. The van der Waals surface area contributed by atoms with Gasteiger partial charge in [-0.15, -0.1) is 0 Å². The second-order valence-corrected chi connectivity index (χ2v) is 7.70. The maximum absolute atomic E-state index is 11.3. The fraction of sp³-hybridized carbons (Fsp3) is 0.438. The van der Waals surface area contributed by atoms with Crippen LogP contribution in [0.5, 0.6) is 0 Å². The third-order valence-corrected chi connectivity index (χ3v) is 5.58. The SMILES string of the molecule is Cc1cnc(N2CCC(c3ccc(S(N)(=O)=O)cc3)CC2)n1C. The van der Waals surface area contributed by atoms with Crippen LogP contribution in [0.2, 0.25) is 0 Å². The van der Waals surface area contributed by atoms with Gasteiger partial charge in [0.25, 0.3) is 0 Å². The van der Waals surface area contributed by atoms with E-state index in [1.165, 1.54) is 5.56 Å². The second-order valence-electron chi connectivity index (χ2n) is 6.13. The van der Waals surface area contributed by atoms with E-state index in [0.29, 0.717) is 5.92 Å². The summed E-state index contributed by atoms with van der Waals surface area (Å²) >= 11 is 0. The average Bonchev–Trinajstić information content (AvgIpc) is 2.86. The van der Waals surface area contributed by atoms with Crippen molar-refractivity contribution in [2.45, 2.75) is 30.6 Å². The molecule has 23 heavy (non-hydrogen) atoms. The number of nitrogens with zero attached hydrogens (tertiary/aromatic N) is 3. The van der Waals surface area contributed by atoms with E-state index in [0.717, 1.165) is 37.6 Å². The van der Waals surface area contributed by atoms with Crippen molar-refractivity contribution in [1.82, 2.24) is 9.55 Å². The molecule has 2 heterocycles. The van der Waals surface area contributed by atoms with E-state index >= 15 is 0 Å². The van der Waals surface area contributed by atoms with Crippen LogP contribution < -0.4 is 10.0 Å². The minimum atomic E-state index is -3.62. The lowest BCUT2D eigenvalue weighted by Crippen LogP contribution is -2.34. The number of primary sulfonamides is 1. The summed E-state index contributed by atoms with van der Waals surface area (Å²) in [5.74, 6) is 1.47. The number of aromatic nitrogens is 2. The Morgan fingerprint density at radius 3 is 2.26 bits per heavy atom. The molecule has 7 heteroatoms. The van der Waals surface area contributed by atoms with Gasteiger partial charge in [-0.25, -0.2) is 18.5 Å². The van der Waals surface area contributed by atoms with Crippen molar-refractivity contribution in [2.24, 2.45) is 12.2 Å². The van der Waals surface area contributed by atoms with Crippen molar-refractivity contribution >= 4 is 16.0 Å². The molecule has 0 bridgehead atoms. The monoisotopic (exact) mass is 334 g/mol. The lowest BCUT2D eigenvalue weighted by Gasteiger charge is -2.33. The molecular weight excluding hydrogens is 312 g/mol. The number of hydrogen-bond acceptors (Lipinski definition) is 4. The van der Waals surface area contributed by atoms with Gasteiger partial charge >= 0.3 is 0 Å². The Kier molecular flexibility index (Phi) is 4.16. The fourth-order valence-corrected chi connectivity index (χ4v) is 3.63. The number of hydrogen-bond donors (Lipinski definition) is 1. The Bertz CT molecular complexity index is 788. The van der Waals surface area contributed by atoms with E-state index in [1.54, 1.807) is 12.1 Å². The molecule has 124 valence electrons. The minimum Gasteiger partial charge on any atom is -0.342 e. The number of sulfonamides is 1. The normalized spacial score (nSPS) is 16.7. The van der Waals surface area contributed by atoms with Crippen LogP contribution in [0.1, 0.15) is 30.0 Å². The molecule has 0 unspecified atom stereocenters. The predicted octanol–water partition coefficient (Wildman–Crippen LogP) is 1.76. The number of piperidine rings is 1. The lowest BCUT2D eigenvalue weighted by atomic mass is 9.89. The molecule has 1 aliphatic rings. The van der Waals surface area contributed by atoms with Gasteiger partial charge in [-0.2, -0.15) is 0 Å². The zero-order valence-electron chi connectivity index (χ0n) is 13.4.